The van der Waals surface area contributed by atoms with Crippen molar-refractivity contribution in [3.8, 4) is 5.75 Å². The fourth-order valence-electron chi connectivity index (χ4n) is 5.05. The fourth-order valence-corrected chi connectivity index (χ4v) is 5.28. The number of halogens is 1. The molecule has 3 rings (SSSR count). The van der Waals surface area contributed by atoms with Crippen molar-refractivity contribution in [1.82, 2.24) is 20.5 Å². The van der Waals surface area contributed by atoms with E-state index in [1.807, 2.05) is 52.8 Å². The van der Waals surface area contributed by atoms with E-state index in [2.05, 4.69) is 15.6 Å². The molecule has 1 fully saturated rings. The molecule has 1 aliphatic heterocycles. The fraction of sp³-hybridized carbons (Fsp3) is 0.571. The molecule has 1 aromatic heterocycles. The molecule has 1 aliphatic rings. The maximum absolute atomic E-state index is 14.0. The van der Waals surface area contributed by atoms with Crippen molar-refractivity contribution in [3.63, 3.8) is 0 Å². The number of aromatic amines is 1. The van der Waals surface area contributed by atoms with Crippen molar-refractivity contribution in [2.75, 3.05) is 19.5 Å². The van der Waals surface area contributed by atoms with Gasteiger partial charge in [-0.15, -0.1) is 11.6 Å². The summed E-state index contributed by atoms with van der Waals surface area (Å²) in [7, 11) is 1.57. The average molecular weight is 547 g/mol. The Morgan fingerprint density at radius 1 is 1.18 bits per heavy atom. The van der Waals surface area contributed by atoms with E-state index in [1.54, 1.807) is 25.0 Å². The number of hydrogen-bond donors (Lipinski definition) is 3. The van der Waals surface area contributed by atoms with Crippen molar-refractivity contribution in [2.24, 2.45) is 17.3 Å². The summed E-state index contributed by atoms with van der Waals surface area (Å²) in [6, 6.07) is 4.77. The van der Waals surface area contributed by atoms with E-state index in [0.717, 1.165) is 10.9 Å². The molecule has 1 aromatic carbocycles. The van der Waals surface area contributed by atoms with E-state index in [-0.39, 0.29) is 29.4 Å². The molecule has 1 unspecified atom stereocenters. The number of methoxy groups -OCH3 is 1. The van der Waals surface area contributed by atoms with Gasteiger partial charge in [0.1, 0.15) is 23.5 Å². The Hall–Kier alpha value is -3.07. The highest BCUT2D eigenvalue weighted by molar-refractivity contribution is 6.28. The number of amides is 3. The number of carbonyl (C=O) groups excluding carboxylic acids is 4. The molecule has 0 aliphatic carbocycles. The zero-order valence-corrected chi connectivity index (χ0v) is 23.9. The van der Waals surface area contributed by atoms with Gasteiger partial charge in [-0.1, -0.05) is 40.7 Å². The Bertz CT molecular complexity index is 1210. The first-order valence-corrected chi connectivity index (χ1v) is 13.5. The first kappa shape index (κ1) is 29.5. The molecule has 4 atom stereocenters. The van der Waals surface area contributed by atoms with E-state index in [4.69, 9.17) is 16.3 Å². The third-order valence-corrected chi connectivity index (χ3v) is 7.92. The van der Waals surface area contributed by atoms with Crippen molar-refractivity contribution >= 4 is 46.0 Å². The van der Waals surface area contributed by atoms with Gasteiger partial charge in [0.15, 0.2) is 5.78 Å². The second-order valence-electron chi connectivity index (χ2n) is 11.2. The first-order valence-electron chi connectivity index (χ1n) is 13.0. The number of ether oxygens (including phenoxy) is 1. The van der Waals surface area contributed by atoms with Crippen molar-refractivity contribution < 1.29 is 23.9 Å². The quantitative estimate of drug-likeness (QED) is 0.394. The van der Waals surface area contributed by atoms with Gasteiger partial charge in [0.25, 0.3) is 5.91 Å². The Labute approximate surface area is 229 Å². The van der Waals surface area contributed by atoms with Gasteiger partial charge in [0.05, 0.1) is 19.0 Å². The Kier molecular flexibility index (Phi) is 9.13. The highest BCUT2D eigenvalue weighted by Crippen LogP contribution is 2.41. The molecule has 2 heterocycles. The minimum atomic E-state index is -0.839. The number of H-pyrrole nitrogens is 1. The van der Waals surface area contributed by atoms with Crippen molar-refractivity contribution in [3.05, 3.63) is 30.0 Å². The number of alkyl halides is 1. The van der Waals surface area contributed by atoms with E-state index < -0.39 is 35.4 Å². The smallest absolute Gasteiger partial charge is 0.268 e. The van der Waals surface area contributed by atoms with Crippen LogP contribution in [0, 0.1) is 17.3 Å². The van der Waals surface area contributed by atoms with Gasteiger partial charge in [-0.3, -0.25) is 19.2 Å². The molecule has 3 N–H and O–H groups in total. The SMILES string of the molecule is COc1cccc2[nH]c(C(=O)N[C@@H](CC(C)C)C(=O)N3C[C@@H](C)C(C)(C)[C@H]3C(=O)NC(C)C(=O)CCl)cc12. The molecule has 2 aromatic rings. The van der Waals surface area contributed by atoms with Gasteiger partial charge in [-0.05, 0) is 48.8 Å². The van der Waals surface area contributed by atoms with E-state index in [9.17, 15) is 19.2 Å². The van der Waals surface area contributed by atoms with Gasteiger partial charge >= 0.3 is 0 Å². The van der Waals surface area contributed by atoms with Gasteiger partial charge in [0, 0.05) is 17.4 Å². The number of Topliss-reactive ketones (excluding diaryl/α,β-unsaturated/α-hetero) is 1. The molecule has 208 valence electrons. The van der Waals surface area contributed by atoms with Crippen LogP contribution in [0.1, 0.15) is 58.5 Å². The Balaban J connectivity index is 1.88. The number of hydrogen-bond acceptors (Lipinski definition) is 5. The van der Waals surface area contributed by atoms with E-state index >= 15 is 0 Å². The summed E-state index contributed by atoms with van der Waals surface area (Å²) in [4.78, 5) is 57.3. The largest absolute Gasteiger partial charge is 0.496 e. The maximum Gasteiger partial charge on any atom is 0.268 e. The van der Waals surface area contributed by atoms with Crippen molar-refractivity contribution in [1.29, 1.82) is 0 Å². The van der Waals surface area contributed by atoms with Crippen LogP contribution in [0.4, 0.5) is 0 Å². The second-order valence-corrected chi connectivity index (χ2v) is 11.5. The number of ketones is 1. The highest BCUT2D eigenvalue weighted by atomic mass is 35.5. The van der Waals surface area contributed by atoms with Gasteiger partial charge < -0.3 is 25.3 Å². The van der Waals surface area contributed by atoms with Crippen LogP contribution in [0.3, 0.4) is 0 Å². The van der Waals surface area contributed by atoms with Gasteiger partial charge in [-0.2, -0.15) is 0 Å². The molecule has 9 nitrogen and oxygen atoms in total. The summed E-state index contributed by atoms with van der Waals surface area (Å²) in [5.41, 5.74) is 0.501. The number of benzene rings is 1. The van der Waals surface area contributed by atoms with Gasteiger partial charge in [-0.25, -0.2) is 0 Å². The zero-order chi connectivity index (χ0) is 28.4. The van der Waals surface area contributed by atoms with Crippen LogP contribution in [0.15, 0.2) is 24.3 Å². The number of nitrogens with one attached hydrogen (secondary N) is 3. The molecule has 38 heavy (non-hydrogen) atoms. The number of nitrogens with zero attached hydrogens (tertiary/aromatic N) is 1. The molecular weight excluding hydrogens is 508 g/mol. The predicted octanol–water partition coefficient (Wildman–Crippen LogP) is 3.51. The zero-order valence-electron chi connectivity index (χ0n) is 23.2. The molecular formula is C28H39ClN4O5. The monoisotopic (exact) mass is 546 g/mol. The van der Waals surface area contributed by atoms with Crippen LogP contribution < -0.4 is 15.4 Å². The number of likely N-dealkylation sites (tertiary alicyclic amines) is 1. The van der Waals surface area contributed by atoms with Crippen LogP contribution in [0.25, 0.3) is 10.9 Å². The summed E-state index contributed by atoms with van der Waals surface area (Å²) in [5, 5.41) is 6.40. The second kappa shape index (κ2) is 11.8. The topological polar surface area (TPSA) is 121 Å². The van der Waals surface area contributed by atoms with Crippen LogP contribution >= 0.6 is 11.6 Å². The third-order valence-electron chi connectivity index (χ3n) is 7.66. The van der Waals surface area contributed by atoms with Crippen LogP contribution in [0.2, 0.25) is 0 Å². The Morgan fingerprint density at radius 2 is 1.87 bits per heavy atom. The number of carbonyl (C=O) groups is 4. The highest BCUT2D eigenvalue weighted by Gasteiger charge is 2.52. The lowest BCUT2D eigenvalue weighted by Crippen LogP contribution is -2.58. The lowest BCUT2D eigenvalue weighted by molar-refractivity contribution is -0.142. The van der Waals surface area contributed by atoms with E-state index in [0.29, 0.717) is 24.4 Å². The van der Waals surface area contributed by atoms with Crippen LogP contribution in [0.5, 0.6) is 5.75 Å². The lowest BCUT2D eigenvalue weighted by Gasteiger charge is -2.35. The summed E-state index contributed by atoms with van der Waals surface area (Å²) in [6.07, 6.45) is 0.398. The lowest BCUT2D eigenvalue weighted by atomic mass is 9.77. The summed E-state index contributed by atoms with van der Waals surface area (Å²) in [6.45, 7) is 11.8. The predicted molar refractivity (Wildman–Crippen MR) is 147 cm³/mol. The number of fused-ring (bicyclic) bond motifs is 1. The maximum atomic E-state index is 14.0. The van der Waals surface area contributed by atoms with E-state index in [1.165, 1.54) is 0 Å². The van der Waals surface area contributed by atoms with Crippen LogP contribution in [-0.4, -0.2) is 71.0 Å². The summed E-state index contributed by atoms with van der Waals surface area (Å²) < 4.78 is 5.39. The standard InChI is InChI=1S/C28H39ClN4O5/c1-15(2)11-21(32-25(35)20-12-18-19(31-20)9-8-10-23(18)38-7)27(37)33-14-16(3)28(5,6)24(33)26(36)30-17(4)22(34)13-29/h8-10,12,15-17,21,24,31H,11,13-14H2,1-7H3,(H,30,36)(H,32,35)/t16-,17?,21+,24-/m1/s1. The molecule has 1 saturated heterocycles. The minimum absolute atomic E-state index is 0.0119. The molecule has 0 saturated carbocycles. The van der Waals surface area contributed by atoms with Crippen molar-refractivity contribution in [2.45, 2.75) is 66.1 Å². The molecule has 0 spiro atoms. The molecule has 0 radical (unpaired) electrons. The van der Waals surface area contributed by atoms with Crippen LogP contribution in [-0.2, 0) is 14.4 Å². The first-order chi connectivity index (χ1) is 17.8. The number of aromatic nitrogens is 1. The molecule has 0 bridgehead atoms. The summed E-state index contributed by atoms with van der Waals surface area (Å²) >= 11 is 5.66. The summed E-state index contributed by atoms with van der Waals surface area (Å²) in [5.74, 6) is -0.914. The third kappa shape index (κ3) is 5.98. The normalized spacial score (nSPS) is 20.3. The molecule has 10 heteroatoms. The Morgan fingerprint density at radius 3 is 2.47 bits per heavy atom. The number of rotatable bonds is 10. The van der Waals surface area contributed by atoms with Gasteiger partial charge in [0.2, 0.25) is 11.8 Å². The minimum Gasteiger partial charge on any atom is -0.496 e. The molecule has 3 amide bonds. The average Bonchev–Trinajstić information content (AvgIpc) is 3.40.